The maximum Gasteiger partial charge on any atom is 0.241 e. The van der Waals surface area contributed by atoms with E-state index in [1.54, 1.807) is 24.3 Å². The molecule has 0 aliphatic carbocycles. The average Bonchev–Trinajstić information content (AvgIpc) is 2.53. The lowest BCUT2D eigenvalue weighted by atomic mass is 10.1. The number of ether oxygens (including phenoxy) is 2. The van der Waals surface area contributed by atoms with Gasteiger partial charge in [0.25, 0.3) is 0 Å². The number of hydrogen-bond donors (Lipinski definition) is 1. The van der Waals surface area contributed by atoms with Crippen molar-refractivity contribution in [2.24, 2.45) is 0 Å². The summed E-state index contributed by atoms with van der Waals surface area (Å²) >= 11 is 5.74. The summed E-state index contributed by atoms with van der Waals surface area (Å²) in [4.78, 5) is -0.253. The van der Waals surface area contributed by atoms with E-state index in [1.807, 2.05) is 0 Å². The maximum absolute atomic E-state index is 13.4. The van der Waals surface area contributed by atoms with Crippen LogP contribution in [0.3, 0.4) is 0 Å². The highest BCUT2D eigenvalue weighted by Gasteiger charge is 2.23. The highest BCUT2D eigenvalue weighted by Crippen LogP contribution is 2.23. The molecule has 1 atom stereocenters. The molecular weight excluding hydrogens is 357 g/mol. The van der Waals surface area contributed by atoms with E-state index in [1.165, 1.54) is 20.3 Å². The van der Waals surface area contributed by atoms with Gasteiger partial charge in [0.05, 0.1) is 24.7 Å². The summed E-state index contributed by atoms with van der Waals surface area (Å²) in [5, 5.41) is 0.0000434. The van der Waals surface area contributed by atoms with Crippen molar-refractivity contribution in [1.29, 1.82) is 0 Å². The van der Waals surface area contributed by atoms with Gasteiger partial charge in [-0.25, -0.2) is 17.5 Å². The van der Waals surface area contributed by atoms with Crippen LogP contribution in [-0.4, -0.2) is 29.2 Å². The molecule has 130 valence electrons. The molecule has 2 aromatic carbocycles. The Balaban J connectivity index is 2.35. The molecule has 0 aliphatic heterocycles. The summed E-state index contributed by atoms with van der Waals surface area (Å²) in [6.07, 6.45) is 0. The number of methoxy groups -OCH3 is 2. The number of nitrogens with one attached hydrogen (secondary N) is 1. The Morgan fingerprint density at radius 1 is 1.21 bits per heavy atom. The fourth-order valence-corrected chi connectivity index (χ4v) is 3.71. The van der Waals surface area contributed by atoms with E-state index in [9.17, 15) is 12.8 Å². The standard InChI is InChI=1S/C16H17ClFNO4S/c1-22-10-16(11-4-3-5-14(6-11)23-2)19-24(20,21)15-8-12(17)7-13(18)9-15/h3-9,16,19H,10H2,1-2H3. The molecule has 0 amide bonds. The minimum Gasteiger partial charge on any atom is -0.497 e. The Hall–Kier alpha value is -1.67. The smallest absolute Gasteiger partial charge is 0.241 e. The number of hydrogen-bond acceptors (Lipinski definition) is 4. The average molecular weight is 374 g/mol. The van der Waals surface area contributed by atoms with Gasteiger partial charge in [0.1, 0.15) is 11.6 Å². The topological polar surface area (TPSA) is 64.6 Å². The molecule has 1 unspecified atom stereocenters. The van der Waals surface area contributed by atoms with Crippen LogP contribution in [0.1, 0.15) is 11.6 Å². The van der Waals surface area contributed by atoms with Crippen LogP contribution in [0.2, 0.25) is 5.02 Å². The Kier molecular flexibility index (Phi) is 6.17. The molecule has 5 nitrogen and oxygen atoms in total. The van der Waals surface area contributed by atoms with Crippen molar-refractivity contribution in [3.8, 4) is 5.75 Å². The lowest BCUT2D eigenvalue weighted by Crippen LogP contribution is -2.31. The van der Waals surface area contributed by atoms with Crippen molar-refractivity contribution in [3.05, 3.63) is 58.9 Å². The van der Waals surface area contributed by atoms with Crippen molar-refractivity contribution in [2.45, 2.75) is 10.9 Å². The van der Waals surface area contributed by atoms with Crippen LogP contribution in [0.25, 0.3) is 0 Å². The second kappa shape index (κ2) is 7.94. The van der Waals surface area contributed by atoms with Crippen LogP contribution in [0.15, 0.2) is 47.4 Å². The lowest BCUT2D eigenvalue weighted by Gasteiger charge is -2.19. The zero-order chi connectivity index (χ0) is 17.7. The fourth-order valence-electron chi connectivity index (χ4n) is 2.16. The van der Waals surface area contributed by atoms with E-state index in [4.69, 9.17) is 21.1 Å². The molecule has 2 rings (SSSR count). The first-order chi connectivity index (χ1) is 11.4. The molecule has 24 heavy (non-hydrogen) atoms. The summed E-state index contributed by atoms with van der Waals surface area (Å²) in [6, 6.07) is 9.38. The van der Waals surface area contributed by atoms with E-state index >= 15 is 0 Å². The first-order valence-electron chi connectivity index (χ1n) is 6.97. The summed E-state index contributed by atoms with van der Waals surface area (Å²) in [6.45, 7) is 0.0927. The molecule has 0 spiro atoms. The molecule has 0 aliphatic rings. The normalized spacial score (nSPS) is 12.8. The number of benzene rings is 2. The number of halogens is 2. The summed E-state index contributed by atoms with van der Waals surface area (Å²) < 4.78 is 51.2. The quantitative estimate of drug-likeness (QED) is 0.809. The van der Waals surface area contributed by atoms with Gasteiger partial charge in [-0.1, -0.05) is 23.7 Å². The van der Waals surface area contributed by atoms with Crippen molar-refractivity contribution >= 4 is 21.6 Å². The Morgan fingerprint density at radius 2 is 1.96 bits per heavy atom. The van der Waals surface area contributed by atoms with E-state index in [2.05, 4.69) is 4.72 Å². The fraction of sp³-hybridized carbons (Fsp3) is 0.250. The second-order valence-electron chi connectivity index (χ2n) is 5.01. The van der Waals surface area contributed by atoms with E-state index in [-0.39, 0.29) is 16.5 Å². The highest BCUT2D eigenvalue weighted by atomic mass is 35.5. The van der Waals surface area contributed by atoms with E-state index in [0.29, 0.717) is 11.3 Å². The zero-order valence-corrected chi connectivity index (χ0v) is 14.7. The van der Waals surface area contributed by atoms with E-state index in [0.717, 1.165) is 12.1 Å². The maximum atomic E-state index is 13.4. The minimum absolute atomic E-state index is 0.0000434. The predicted octanol–water partition coefficient (Wildman–Crippen LogP) is 3.15. The van der Waals surface area contributed by atoms with Crippen LogP contribution < -0.4 is 9.46 Å². The molecule has 0 aromatic heterocycles. The molecule has 0 radical (unpaired) electrons. The zero-order valence-electron chi connectivity index (χ0n) is 13.1. The van der Waals surface area contributed by atoms with Gasteiger partial charge in [0.2, 0.25) is 10.0 Å². The molecule has 8 heteroatoms. The lowest BCUT2D eigenvalue weighted by molar-refractivity contribution is 0.175. The van der Waals surface area contributed by atoms with Gasteiger partial charge in [0.15, 0.2) is 0 Å². The summed E-state index contributed by atoms with van der Waals surface area (Å²) in [5.74, 6) is -0.144. The van der Waals surface area contributed by atoms with Gasteiger partial charge < -0.3 is 9.47 Å². The van der Waals surface area contributed by atoms with Crippen LogP contribution in [0.5, 0.6) is 5.75 Å². The molecule has 0 heterocycles. The predicted molar refractivity (Wildman–Crippen MR) is 89.3 cm³/mol. The Morgan fingerprint density at radius 3 is 2.58 bits per heavy atom. The first kappa shape index (κ1) is 18.7. The summed E-state index contributed by atoms with van der Waals surface area (Å²) in [5.41, 5.74) is 0.655. The SMILES string of the molecule is COCC(NS(=O)(=O)c1cc(F)cc(Cl)c1)c1cccc(OC)c1. The second-order valence-corrected chi connectivity index (χ2v) is 7.16. The van der Waals surface area contributed by atoms with Crippen LogP contribution >= 0.6 is 11.6 Å². The molecule has 1 N–H and O–H groups in total. The van der Waals surface area contributed by atoms with Gasteiger partial charge in [-0.15, -0.1) is 0 Å². The van der Waals surface area contributed by atoms with Crippen LogP contribution in [0.4, 0.5) is 4.39 Å². The van der Waals surface area contributed by atoms with Crippen molar-refractivity contribution in [3.63, 3.8) is 0 Å². The molecular formula is C16H17ClFNO4S. The van der Waals surface area contributed by atoms with E-state index < -0.39 is 21.9 Å². The van der Waals surface area contributed by atoms with Crippen LogP contribution in [0, 0.1) is 5.82 Å². The van der Waals surface area contributed by atoms with Crippen molar-refractivity contribution < 1.29 is 22.3 Å². The molecule has 0 saturated heterocycles. The Bertz CT molecular complexity index is 793. The third kappa shape index (κ3) is 4.67. The van der Waals surface area contributed by atoms with Gasteiger partial charge in [-0.3, -0.25) is 0 Å². The monoisotopic (exact) mass is 373 g/mol. The largest absolute Gasteiger partial charge is 0.497 e. The highest BCUT2D eigenvalue weighted by molar-refractivity contribution is 7.89. The van der Waals surface area contributed by atoms with Crippen molar-refractivity contribution in [2.75, 3.05) is 20.8 Å². The minimum atomic E-state index is -3.99. The molecule has 0 saturated carbocycles. The van der Waals surface area contributed by atoms with Crippen LogP contribution in [-0.2, 0) is 14.8 Å². The third-order valence-electron chi connectivity index (χ3n) is 3.27. The molecule has 2 aromatic rings. The third-order valence-corrected chi connectivity index (χ3v) is 4.94. The number of sulfonamides is 1. The number of rotatable bonds is 7. The summed E-state index contributed by atoms with van der Waals surface area (Å²) in [7, 11) is -1.01. The Labute approximate surface area is 145 Å². The van der Waals surface area contributed by atoms with Crippen molar-refractivity contribution in [1.82, 2.24) is 4.72 Å². The molecule has 0 bridgehead atoms. The first-order valence-corrected chi connectivity index (χ1v) is 8.83. The van der Waals surface area contributed by atoms with Gasteiger partial charge in [-0.05, 0) is 35.9 Å². The molecule has 0 fully saturated rings. The van der Waals surface area contributed by atoms with Gasteiger partial charge in [-0.2, -0.15) is 0 Å². The van der Waals surface area contributed by atoms with Gasteiger partial charge in [0, 0.05) is 12.1 Å². The van der Waals surface area contributed by atoms with Gasteiger partial charge >= 0.3 is 0 Å².